The summed E-state index contributed by atoms with van der Waals surface area (Å²) < 4.78 is 14.4. The normalized spacial score (nSPS) is 12.5. The highest BCUT2D eigenvalue weighted by molar-refractivity contribution is 5.79. The van der Waals surface area contributed by atoms with Crippen LogP contribution in [-0.4, -0.2) is 12.0 Å². The Hall–Kier alpha value is -2.26. The number of fused-ring (bicyclic) bond motifs is 1. The molecule has 0 amide bonds. The Balaban J connectivity index is 2.11. The van der Waals surface area contributed by atoms with Crippen molar-refractivity contribution in [3.63, 3.8) is 0 Å². The molecule has 0 saturated heterocycles. The van der Waals surface area contributed by atoms with Crippen molar-refractivity contribution in [3.8, 4) is 0 Å². The number of halogens is 1. The van der Waals surface area contributed by atoms with E-state index >= 15 is 0 Å². The quantitative estimate of drug-likeness (QED) is 0.784. The van der Waals surface area contributed by atoms with Crippen molar-refractivity contribution in [2.24, 2.45) is 0 Å². The van der Waals surface area contributed by atoms with E-state index in [-0.39, 0.29) is 11.9 Å². The second kappa shape index (κ2) is 5.62. The Morgan fingerprint density at radius 3 is 2.76 bits per heavy atom. The van der Waals surface area contributed by atoms with Crippen LogP contribution in [0.2, 0.25) is 0 Å². The van der Waals surface area contributed by atoms with Crippen molar-refractivity contribution in [1.82, 2.24) is 10.3 Å². The molecule has 1 unspecified atom stereocenters. The van der Waals surface area contributed by atoms with Gasteiger partial charge in [0.1, 0.15) is 5.82 Å². The van der Waals surface area contributed by atoms with Gasteiger partial charge in [0.05, 0.1) is 11.6 Å². The lowest BCUT2D eigenvalue weighted by Crippen LogP contribution is -2.19. The van der Waals surface area contributed by atoms with Crippen LogP contribution in [0.15, 0.2) is 54.7 Å². The van der Waals surface area contributed by atoms with Crippen molar-refractivity contribution in [2.75, 3.05) is 7.05 Å². The maximum atomic E-state index is 14.4. The molecule has 1 heterocycles. The number of rotatable bonds is 3. The summed E-state index contributed by atoms with van der Waals surface area (Å²) in [5.41, 5.74) is 3.30. The van der Waals surface area contributed by atoms with Gasteiger partial charge in [0, 0.05) is 17.1 Å². The summed E-state index contributed by atoms with van der Waals surface area (Å²) in [4.78, 5) is 4.32. The van der Waals surface area contributed by atoms with E-state index < -0.39 is 0 Å². The smallest absolute Gasteiger partial charge is 0.131 e. The van der Waals surface area contributed by atoms with E-state index in [0.29, 0.717) is 11.1 Å². The monoisotopic (exact) mass is 280 g/mol. The molecule has 1 atom stereocenters. The van der Waals surface area contributed by atoms with Gasteiger partial charge in [-0.15, -0.1) is 0 Å². The molecule has 0 aliphatic rings. The molecule has 1 N–H and O–H groups in total. The minimum atomic E-state index is -0.172. The van der Waals surface area contributed by atoms with Gasteiger partial charge in [-0.05, 0) is 43.3 Å². The SMILES string of the molecule is CNC(c1ccc2ncccc2c1)c1cccc(C)c1F. The largest absolute Gasteiger partial charge is 0.309 e. The van der Waals surface area contributed by atoms with Gasteiger partial charge in [-0.25, -0.2) is 4.39 Å². The average molecular weight is 280 g/mol. The summed E-state index contributed by atoms with van der Waals surface area (Å²) in [6.45, 7) is 1.79. The Kier molecular flexibility index (Phi) is 3.67. The molecular weight excluding hydrogens is 263 g/mol. The Bertz CT molecular complexity index is 783. The second-order valence-electron chi connectivity index (χ2n) is 5.16. The van der Waals surface area contributed by atoms with Crippen LogP contribution in [0.4, 0.5) is 4.39 Å². The lowest BCUT2D eigenvalue weighted by molar-refractivity contribution is 0.569. The highest BCUT2D eigenvalue weighted by Gasteiger charge is 2.17. The average Bonchev–Trinajstić information content (AvgIpc) is 2.52. The molecule has 2 nitrogen and oxygen atoms in total. The maximum Gasteiger partial charge on any atom is 0.131 e. The number of aromatic nitrogens is 1. The zero-order chi connectivity index (χ0) is 14.8. The van der Waals surface area contributed by atoms with Crippen LogP contribution in [0.3, 0.4) is 0 Å². The topological polar surface area (TPSA) is 24.9 Å². The lowest BCUT2D eigenvalue weighted by Gasteiger charge is -2.19. The van der Waals surface area contributed by atoms with Crippen LogP contribution < -0.4 is 5.32 Å². The maximum absolute atomic E-state index is 14.4. The fourth-order valence-corrected chi connectivity index (χ4v) is 2.67. The summed E-state index contributed by atoms with van der Waals surface area (Å²) in [7, 11) is 1.85. The molecule has 0 saturated carbocycles. The molecule has 0 bridgehead atoms. The zero-order valence-electron chi connectivity index (χ0n) is 12.1. The van der Waals surface area contributed by atoms with Gasteiger partial charge in [0.15, 0.2) is 0 Å². The molecule has 1 aromatic heterocycles. The first kappa shape index (κ1) is 13.7. The minimum absolute atomic E-state index is 0.150. The van der Waals surface area contributed by atoms with Crippen LogP contribution in [0.25, 0.3) is 10.9 Å². The molecule has 0 fully saturated rings. The summed E-state index contributed by atoms with van der Waals surface area (Å²) in [5.74, 6) is -0.150. The van der Waals surface area contributed by atoms with E-state index in [4.69, 9.17) is 0 Å². The highest BCUT2D eigenvalue weighted by atomic mass is 19.1. The van der Waals surface area contributed by atoms with E-state index in [0.717, 1.165) is 16.5 Å². The first-order valence-corrected chi connectivity index (χ1v) is 6.97. The van der Waals surface area contributed by atoms with E-state index in [9.17, 15) is 4.39 Å². The molecule has 3 heteroatoms. The summed E-state index contributed by atoms with van der Waals surface area (Å²) in [6, 6.07) is 15.3. The number of aryl methyl sites for hydroxylation is 1. The van der Waals surface area contributed by atoms with E-state index in [1.165, 1.54) is 0 Å². The van der Waals surface area contributed by atoms with Crippen LogP contribution in [0.5, 0.6) is 0 Å². The fraction of sp³-hybridized carbons (Fsp3) is 0.167. The van der Waals surface area contributed by atoms with Crippen LogP contribution in [0, 0.1) is 12.7 Å². The minimum Gasteiger partial charge on any atom is -0.309 e. The van der Waals surface area contributed by atoms with Gasteiger partial charge in [-0.1, -0.05) is 30.3 Å². The van der Waals surface area contributed by atoms with Gasteiger partial charge >= 0.3 is 0 Å². The number of nitrogens with zero attached hydrogens (tertiary/aromatic N) is 1. The summed E-state index contributed by atoms with van der Waals surface area (Å²) in [5, 5.41) is 4.27. The number of nitrogens with one attached hydrogen (secondary N) is 1. The third-order valence-corrected chi connectivity index (χ3v) is 3.78. The second-order valence-corrected chi connectivity index (χ2v) is 5.16. The van der Waals surface area contributed by atoms with Gasteiger partial charge in [-0.3, -0.25) is 4.98 Å². The van der Waals surface area contributed by atoms with Gasteiger partial charge < -0.3 is 5.32 Å². The molecule has 0 aliphatic heterocycles. The predicted molar refractivity (Wildman–Crippen MR) is 83.8 cm³/mol. The zero-order valence-corrected chi connectivity index (χ0v) is 12.1. The number of hydrogen-bond donors (Lipinski definition) is 1. The summed E-state index contributed by atoms with van der Waals surface area (Å²) in [6.07, 6.45) is 1.78. The van der Waals surface area contributed by atoms with E-state index in [2.05, 4.69) is 16.4 Å². The predicted octanol–water partition coefficient (Wildman–Crippen LogP) is 3.99. The Morgan fingerprint density at radius 1 is 1.10 bits per heavy atom. The van der Waals surface area contributed by atoms with Crippen molar-refractivity contribution in [3.05, 3.63) is 77.2 Å². The van der Waals surface area contributed by atoms with Gasteiger partial charge in [-0.2, -0.15) is 0 Å². The molecule has 0 radical (unpaired) electrons. The number of pyridine rings is 1. The third kappa shape index (κ3) is 2.52. The molecular formula is C18H17FN2. The third-order valence-electron chi connectivity index (χ3n) is 3.78. The van der Waals surface area contributed by atoms with E-state index in [1.54, 1.807) is 19.2 Å². The van der Waals surface area contributed by atoms with Crippen molar-refractivity contribution in [2.45, 2.75) is 13.0 Å². The van der Waals surface area contributed by atoms with Crippen molar-refractivity contribution in [1.29, 1.82) is 0 Å². The Labute approximate surface area is 123 Å². The lowest BCUT2D eigenvalue weighted by atomic mass is 9.95. The van der Waals surface area contributed by atoms with Crippen LogP contribution in [0.1, 0.15) is 22.7 Å². The standard InChI is InChI=1S/C18H17FN2/c1-12-5-3-7-15(17(12)19)18(20-2)14-8-9-16-13(11-14)6-4-10-21-16/h3-11,18,20H,1-2H3. The van der Waals surface area contributed by atoms with Crippen molar-refractivity contribution >= 4 is 10.9 Å². The molecule has 0 spiro atoms. The van der Waals surface area contributed by atoms with Crippen molar-refractivity contribution < 1.29 is 4.39 Å². The first-order chi connectivity index (χ1) is 10.2. The van der Waals surface area contributed by atoms with Crippen LogP contribution >= 0.6 is 0 Å². The molecule has 0 aliphatic carbocycles. The molecule has 3 aromatic rings. The Morgan fingerprint density at radius 2 is 1.95 bits per heavy atom. The summed E-state index contributed by atoms with van der Waals surface area (Å²) >= 11 is 0. The highest BCUT2D eigenvalue weighted by Crippen LogP contribution is 2.27. The molecule has 3 rings (SSSR count). The fourth-order valence-electron chi connectivity index (χ4n) is 2.67. The molecule has 2 aromatic carbocycles. The number of hydrogen-bond acceptors (Lipinski definition) is 2. The number of benzene rings is 2. The van der Waals surface area contributed by atoms with Gasteiger partial charge in [0.25, 0.3) is 0 Å². The van der Waals surface area contributed by atoms with Gasteiger partial charge in [0.2, 0.25) is 0 Å². The first-order valence-electron chi connectivity index (χ1n) is 6.97. The molecule has 106 valence electrons. The van der Waals surface area contributed by atoms with Crippen LogP contribution in [-0.2, 0) is 0 Å². The van der Waals surface area contributed by atoms with E-state index in [1.807, 2.05) is 43.4 Å². The molecule has 21 heavy (non-hydrogen) atoms.